The van der Waals surface area contributed by atoms with Crippen LogP contribution in [0.3, 0.4) is 0 Å². The fourth-order valence-corrected chi connectivity index (χ4v) is 3.28. The van der Waals surface area contributed by atoms with Gasteiger partial charge in [-0.25, -0.2) is 8.42 Å². The lowest BCUT2D eigenvalue weighted by molar-refractivity contribution is -0.135. The van der Waals surface area contributed by atoms with E-state index >= 15 is 0 Å². The van der Waals surface area contributed by atoms with Crippen molar-refractivity contribution in [2.75, 3.05) is 23.4 Å². The number of anilines is 2. The van der Waals surface area contributed by atoms with Gasteiger partial charge in [0, 0.05) is 17.8 Å². The number of nitrogens with zero attached hydrogens (tertiary/aromatic N) is 1. The molecule has 0 aliphatic carbocycles. The van der Waals surface area contributed by atoms with Gasteiger partial charge in [-0.05, 0) is 52.8 Å². The number of hydrogen-bond acceptors (Lipinski definition) is 5. The van der Waals surface area contributed by atoms with Crippen molar-refractivity contribution in [2.24, 2.45) is 0 Å². The lowest BCUT2D eigenvalue weighted by Crippen LogP contribution is -2.48. The van der Waals surface area contributed by atoms with E-state index < -0.39 is 16.1 Å². The Labute approximate surface area is 150 Å². The highest BCUT2D eigenvalue weighted by Gasteiger charge is 2.25. The highest BCUT2D eigenvalue weighted by Crippen LogP contribution is 2.29. The third-order valence-electron chi connectivity index (χ3n) is 3.62. The molecule has 1 atom stereocenters. The van der Waals surface area contributed by atoms with Crippen LogP contribution in [0.2, 0.25) is 0 Å². The molecule has 1 aromatic rings. The number of nitrogens with one attached hydrogen (secondary N) is 2. The number of hydrogen-bond donors (Lipinski definition) is 2. The van der Waals surface area contributed by atoms with Crippen LogP contribution in [0.4, 0.5) is 11.4 Å². The minimum atomic E-state index is -3.44. The molecule has 0 radical (unpaired) electrons. The molecular formula is C17H29N3O4S. The lowest BCUT2D eigenvalue weighted by Gasteiger charge is -2.33. The third-order valence-corrected chi connectivity index (χ3v) is 4.21. The Kier molecular flexibility index (Phi) is 7.10. The summed E-state index contributed by atoms with van der Waals surface area (Å²) in [5, 5.41) is 3.13. The molecule has 0 aliphatic heterocycles. The Morgan fingerprint density at radius 3 is 2.12 bits per heavy atom. The van der Waals surface area contributed by atoms with Gasteiger partial charge in [0.25, 0.3) is 0 Å². The van der Waals surface area contributed by atoms with Crippen molar-refractivity contribution in [3.63, 3.8) is 0 Å². The molecule has 0 saturated carbocycles. The van der Waals surface area contributed by atoms with Crippen LogP contribution in [0, 0.1) is 0 Å². The molecule has 0 saturated heterocycles. The second-order valence-corrected chi connectivity index (χ2v) is 8.34. The Hall–Kier alpha value is -1.96. The first-order valence-corrected chi connectivity index (χ1v) is 10.1. The van der Waals surface area contributed by atoms with E-state index in [2.05, 4.69) is 10.0 Å². The zero-order valence-electron chi connectivity index (χ0n) is 16.0. The van der Waals surface area contributed by atoms with Crippen molar-refractivity contribution in [3.8, 4) is 5.75 Å². The second kappa shape index (κ2) is 8.42. The molecule has 1 aromatic carbocycles. The molecule has 0 bridgehead atoms. The second-order valence-electron chi connectivity index (χ2n) is 6.59. The van der Waals surface area contributed by atoms with Crippen molar-refractivity contribution in [3.05, 3.63) is 18.2 Å². The summed E-state index contributed by atoms with van der Waals surface area (Å²) >= 11 is 0. The first kappa shape index (κ1) is 21.1. The maximum absolute atomic E-state index is 12.7. The normalized spacial score (nSPS) is 12.8. The Morgan fingerprint density at radius 2 is 1.68 bits per heavy atom. The zero-order chi connectivity index (χ0) is 19.4. The lowest BCUT2D eigenvalue weighted by atomic mass is 10.1. The van der Waals surface area contributed by atoms with E-state index in [0.717, 1.165) is 6.26 Å². The number of benzene rings is 1. The minimum Gasteiger partial charge on any atom is -0.495 e. The average Bonchev–Trinajstić information content (AvgIpc) is 2.44. The maximum Gasteiger partial charge on any atom is 0.245 e. The van der Waals surface area contributed by atoms with Gasteiger partial charge in [-0.1, -0.05) is 0 Å². The highest BCUT2D eigenvalue weighted by molar-refractivity contribution is 7.92. The number of rotatable bonds is 8. The summed E-state index contributed by atoms with van der Waals surface area (Å²) in [6.45, 7) is 9.70. The van der Waals surface area contributed by atoms with E-state index in [-0.39, 0.29) is 18.0 Å². The van der Waals surface area contributed by atoms with Crippen molar-refractivity contribution in [1.82, 2.24) is 4.90 Å². The van der Waals surface area contributed by atoms with E-state index in [0.29, 0.717) is 17.1 Å². The Morgan fingerprint density at radius 1 is 1.12 bits per heavy atom. The molecule has 1 amide bonds. The molecule has 2 N–H and O–H groups in total. The van der Waals surface area contributed by atoms with Crippen molar-refractivity contribution in [1.29, 1.82) is 0 Å². The summed E-state index contributed by atoms with van der Waals surface area (Å²) in [6.07, 6.45) is 1.07. The first-order valence-electron chi connectivity index (χ1n) is 8.20. The molecule has 0 spiro atoms. The molecular weight excluding hydrogens is 342 g/mol. The molecule has 0 aliphatic rings. The number of amides is 1. The van der Waals surface area contributed by atoms with Crippen LogP contribution in [-0.2, 0) is 14.8 Å². The van der Waals surface area contributed by atoms with Gasteiger partial charge in [0.15, 0.2) is 0 Å². The van der Waals surface area contributed by atoms with Gasteiger partial charge < -0.3 is 15.0 Å². The molecule has 0 fully saturated rings. The summed E-state index contributed by atoms with van der Waals surface area (Å²) in [5.41, 5.74) is 0.944. The number of methoxy groups -OCH3 is 1. The SMILES string of the molecule is COc1ccc(N[C@@H](C)C(=O)N(C(C)C)C(C)C)cc1NS(C)(=O)=O. The first-order chi connectivity index (χ1) is 11.5. The van der Waals surface area contributed by atoms with E-state index in [1.165, 1.54) is 7.11 Å². The van der Waals surface area contributed by atoms with Crippen LogP contribution in [0.15, 0.2) is 18.2 Å². The molecule has 7 nitrogen and oxygen atoms in total. The average molecular weight is 372 g/mol. The molecule has 1 rings (SSSR count). The smallest absolute Gasteiger partial charge is 0.245 e. The largest absolute Gasteiger partial charge is 0.495 e. The summed E-state index contributed by atoms with van der Waals surface area (Å²) in [6, 6.07) is 4.73. The number of ether oxygens (including phenoxy) is 1. The van der Waals surface area contributed by atoms with E-state index in [1.54, 1.807) is 25.1 Å². The standard InChI is InChI=1S/C17H29N3O4S/c1-11(2)20(12(3)4)17(21)13(5)18-14-8-9-16(24-6)15(10-14)19-25(7,22)23/h8-13,18-19H,1-7H3/t13-/m0/s1. The van der Waals surface area contributed by atoms with Gasteiger partial charge in [0.1, 0.15) is 11.8 Å². The highest BCUT2D eigenvalue weighted by atomic mass is 32.2. The predicted octanol–water partition coefficient (Wildman–Crippen LogP) is 2.51. The monoisotopic (exact) mass is 371 g/mol. The molecule has 0 unspecified atom stereocenters. The third kappa shape index (κ3) is 6.12. The van der Waals surface area contributed by atoms with Gasteiger partial charge >= 0.3 is 0 Å². The Bertz CT molecular complexity index is 694. The molecule has 8 heteroatoms. The molecule has 0 heterocycles. The molecule has 142 valence electrons. The van der Waals surface area contributed by atoms with Crippen LogP contribution in [0.5, 0.6) is 5.75 Å². The van der Waals surface area contributed by atoms with E-state index in [4.69, 9.17) is 4.74 Å². The summed E-state index contributed by atoms with van der Waals surface area (Å²) in [4.78, 5) is 14.5. The van der Waals surface area contributed by atoms with E-state index in [1.807, 2.05) is 32.6 Å². The minimum absolute atomic E-state index is 0.0153. The quantitative estimate of drug-likeness (QED) is 0.733. The van der Waals surface area contributed by atoms with Crippen LogP contribution >= 0.6 is 0 Å². The van der Waals surface area contributed by atoms with Gasteiger partial charge in [0.2, 0.25) is 15.9 Å². The molecule has 25 heavy (non-hydrogen) atoms. The van der Waals surface area contributed by atoms with Gasteiger partial charge in [0.05, 0.1) is 19.1 Å². The van der Waals surface area contributed by atoms with Crippen LogP contribution < -0.4 is 14.8 Å². The zero-order valence-corrected chi connectivity index (χ0v) is 16.8. The summed E-state index contributed by atoms with van der Waals surface area (Å²) < 4.78 is 30.6. The number of carbonyl (C=O) groups excluding carboxylic acids is 1. The van der Waals surface area contributed by atoms with Crippen molar-refractivity contribution in [2.45, 2.75) is 52.7 Å². The van der Waals surface area contributed by atoms with E-state index in [9.17, 15) is 13.2 Å². The van der Waals surface area contributed by atoms with Gasteiger partial charge in [-0.15, -0.1) is 0 Å². The van der Waals surface area contributed by atoms with Gasteiger partial charge in [-0.3, -0.25) is 9.52 Å². The fourth-order valence-electron chi connectivity index (χ4n) is 2.72. The number of sulfonamides is 1. The van der Waals surface area contributed by atoms with Crippen LogP contribution in [0.25, 0.3) is 0 Å². The summed E-state index contributed by atoms with van der Waals surface area (Å²) in [7, 11) is -1.98. The summed E-state index contributed by atoms with van der Waals surface area (Å²) in [5.74, 6) is 0.388. The van der Waals surface area contributed by atoms with Crippen LogP contribution in [0.1, 0.15) is 34.6 Å². The van der Waals surface area contributed by atoms with Gasteiger partial charge in [-0.2, -0.15) is 0 Å². The van der Waals surface area contributed by atoms with Crippen LogP contribution in [-0.4, -0.2) is 50.7 Å². The Balaban J connectivity index is 3.02. The number of carbonyl (C=O) groups is 1. The molecule has 0 aromatic heterocycles. The maximum atomic E-state index is 12.7. The topological polar surface area (TPSA) is 87.7 Å². The van der Waals surface area contributed by atoms with Crippen molar-refractivity contribution >= 4 is 27.3 Å². The fraction of sp³-hybridized carbons (Fsp3) is 0.588. The van der Waals surface area contributed by atoms with Crippen molar-refractivity contribution < 1.29 is 17.9 Å². The predicted molar refractivity (Wildman–Crippen MR) is 102 cm³/mol.